The summed E-state index contributed by atoms with van der Waals surface area (Å²) in [6.45, 7) is 0.724. The lowest BCUT2D eigenvalue weighted by Crippen LogP contribution is -2.44. The number of rotatable bonds is 3. The molecule has 1 aromatic rings. The van der Waals surface area contributed by atoms with Gasteiger partial charge in [-0.2, -0.15) is 0 Å². The smallest absolute Gasteiger partial charge is 0.357 e. The van der Waals surface area contributed by atoms with Crippen LogP contribution in [0.4, 0.5) is 5.13 Å². The normalized spacial score (nSPS) is 19.6. The van der Waals surface area contributed by atoms with Crippen molar-refractivity contribution in [2.45, 2.75) is 18.9 Å². The molecule has 0 aliphatic carbocycles. The second-order valence-electron chi connectivity index (χ2n) is 3.66. The van der Waals surface area contributed by atoms with E-state index in [1.807, 2.05) is 0 Å². The number of esters is 1. The molecule has 1 unspecified atom stereocenters. The Morgan fingerprint density at radius 3 is 3.24 bits per heavy atom. The monoisotopic (exact) mass is 255 g/mol. The van der Waals surface area contributed by atoms with Crippen LogP contribution in [0, 0.1) is 0 Å². The van der Waals surface area contributed by atoms with Crippen LogP contribution in [-0.4, -0.2) is 36.6 Å². The van der Waals surface area contributed by atoms with Gasteiger partial charge in [0.1, 0.15) is 6.04 Å². The molecule has 6 nitrogen and oxygen atoms in total. The summed E-state index contributed by atoms with van der Waals surface area (Å²) >= 11 is 1.29. The van der Waals surface area contributed by atoms with Gasteiger partial charge < -0.3 is 15.4 Å². The van der Waals surface area contributed by atoms with Crippen LogP contribution in [0.1, 0.15) is 23.3 Å². The average molecular weight is 255 g/mol. The van der Waals surface area contributed by atoms with E-state index in [0.29, 0.717) is 5.13 Å². The molecule has 0 bridgehead atoms. The third-order valence-corrected chi connectivity index (χ3v) is 3.26. The van der Waals surface area contributed by atoms with Gasteiger partial charge in [-0.25, -0.2) is 9.78 Å². The Hall–Kier alpha value is -1.63. The molecule has 2 heterocycles. The standard InChI is InChI=1S/C10H13N3O3S/c1-16-9(15)7-5-17-10(13-7)12-6-3-2-4-11-8(6)14/h5-6H,2-4H2,1H3,(H,11,14)(H,12,13). The number of carbonyl (C=O) groups is 2. The summed E-state index contributed by atoms with van der Waals surface area (Å²) < 4.78 is 4.56. The van der Waals surface area contributed by atoms with Crippen molar-refractivity contribution < 1.29 is 14.3 Å². The summed E-state index contributed by atoms with van der Waals surface area (Å²) in [5.74, 6) is -0.492. The highest BCUT2D eigenvalue weighted by Crippen LogP contribution is 2.19. The molecule has 1 aliphatic rings. The lowest BCUT2D eigenvalue weighted by molar-refractivity contribution is -0.123. The van der Waals surface area contributed by atoms with Crippen molar-refractivity contribution in [1.82, 2.24) is 10.3 Å². The number of ether oxygens (including phenoxy) is 1. The predicted molar refractivity (Wildman–Crippen MR) is 63.1 cm³/mol. The molecular weight excluding hydrogens is 242 g/mol. The maximum absolute atomic E-state index is 11.5. The van der Waals surface area contributed by atoms with E-state index >= 15 is 0 Å². The van der Waals surface area contributed by atoms with Gasteiger partial charge in [0, 0.05) is 11.9 Å². The maximum atomic E-state index is 11.5. The third kappa shape index (κ3) is 2.73. The Morgan fingerprint density at radius 1 is 1.71 bits per heavy atom. The van der Waals surface area contributed by atoms with Crippen LogP contribution in [-0.2, 0) is 9.53 Å². The fourth-order valence-electron chi connectivity index (χ4n) is 1.60. The SMILES string of the molecule is COC(=O)c1csc(NC2CCCNC2=O)n1. The molecule has 1 aliphatic heterocycles. The van der Waals surface area contributed by atoms with Crippen molar-refractivity contribution in [3.63, 3.8) is 0 Å². The van der Waals surface area contributed by atoms with Crippen LogP contribution in [0.15, 0.2) is 5.38 Å². The first-order valence-electron chi connectivity index (χ1n) is 5.29. The summed E-state index contributed by atoms with van der Waals surface area (Å²) in [6, 6.07) is -0.264. The molecular formula is C10H13N3O3S. The summed E-state index contributed by atoms with van der Waals surface area (Å²) in [6.07, 6.45) is 1.72. The topological polar surface area (TPSA) is 80.3 Å². The van der Waals surface area contributed by atoms with Gasteiger partial charge in [0.2, 0.25) is 5.91 Å². The highest BCUT2D eigenvalue weighted by atomic mass is 32.1. The number of thiazole rings is 1. The Labute approximate surface area is 102 Å². The zero-order chi connectivity index (χ0) is 12.3. The van der Waals surface area contributed by atoms with Gasteiger partial charge in [0.05, 0.1) is 7.11 Å². The third-order valence-electron chi connectivity index (χ3n) is 2.48. The fourth-order valence-corrected chi connectivity index (χ4v) is 2.33. The Kier molecular flexibility index (Phi) is 3.58. The van der Waals surface area contributed by atoms with E-state index in [2.05, 4.69) is 20.4 Å². The Bertz CT molecular complexity index is 432. The van der Waals surface area contributed by atoms with Crippen LogP contribution >= 0.6 is 11.3 Å². The van der Waals surface area contributed by atoms with E-state index in [1.165, 1.54) is 18.4 Å². The van der Waals surface area contributed by atoms with Crippen molar-refractivity contribution in [3.05, 3.63) is 11.1 Å². The molecule has 0 spiro atoms. The first kappa shape index (κ1) is 11.8. The van der Waals surface area contributed by atoms with Crippen LogP contribution in [0.3, 0.4) is 0 Å². The van der Waals surface area contributed by atoms with E-state index in [9.17, 15) is 9.59 Å². The van der Waals surface area contributed by atoms with Crippen molar-refractivity contribution in [2.75, 3.05) is 19.0 Å². The maximum Gasteiger partial charge on any atom is 0.357 e. The van der Waals surface area contributed by atoms with E-state index in [0.717, 1.165) is 19.4 Å². The molecule has 2 N–H and O–H groups in total. The minimum Gasteiger partial charge on any atom is -0.464 e. The largest absolute Gasteiger partial charge is 0.464 e. The first-order chi connectivity index (χ1) is 8.20. The Balaban J connectivity index is 2.01. The second kappa shape index (κ2) is 5.13. The number of piperidine rings is 1. The lowest BCUT2D eigenvalue weighted by atomic mass is 10.1. The quantitative estimate of drug-likeness (QED) is 0.774. The fraction of sp³-hybridized carbons (Fsp3) is 0.500. The van der Waals surface area contributed by atoms with Gasteiger partial charge >= 0.3 is 5.97 Å². The molecule has 92 valence electrons. The van der Waals surface area contributed by atoms with Crippen LogP contribution < -0.4 is 10.6 Å². The van der Waals surface area contributed by atoms with Crippen molar-refractivity contribution in [2.24, 2.45) is 0 Å². The summed E-state index contributed by atoms with van der Waals surface area (Å²) in [7, 11) is 1.31. The lowest BCUT2D eigenvalue weighted by Gasteiger charge is -2.22. The highest BCUT2D eigenvalue weighted by molar-refractivity contribution is 7.13. The molecule has 0 aromatic carbocycles. The molecule has 1 fully saturated rings. The molecule has 1 amide bonds. The van der Waals surface area contributed by atoms with Gasteiger partial charge in [0.25, 0.3) is 0 Å². The number of amides is 1. The zero-order valence-electron chi connectivity index (χ0n) is 9.36. The van der Waals surface area contributed by atoms with Crippen LogP contribution in [0.5, 0.6) is 0 Å². The van der Waals surface area contributed by atoms with Crippen LogP contribution in [0.25, 0.3) is 0 Å². The number of anilines is 1. The molecule has 1 saturated heterocycles. The number of hydrogen-bond donors (Lipinski definition) is 2. The molecule has 0 saturated carbocycles. The molecule has 7 heteroatoms. The number of nitrogens with one attached hydrogen (secondary N) is 2. The van der Waals surface area contributed by atoms with E-state index in [4.69, 9.17) is 0 Å². The van der Waals surface area contributed by atoms with Gasteiger partial charge in [-0.3, -0.25) is 4.79 Å². The predicted octanol–water partition coefficient (Wildman–Crippen LogP) is 0.620. The highest BCUT2D eigenvalue weighted by Gasteiger charge is 2.23. The summed E-state index contributed by atoms with van der Waals surface area (Å²) in [5, 5.41) is 7.96. The Morgan fingerprint density at radius 2 is 2.53 bits per heavy atom. The van der Waals surface area contributed by atoms with Gasteiger partial charge in [-0.05, 0) is 12.8 Å². The summed E-state index contributed by atoms with van der Waals surface area (Å²) in [4.78, 5) is 26.8. The molecule has 17 heavy (non-hydrogen) atoms. The number of nitrogens with zero attached hydrogens (tertiary/aromatic N) is 1. The van der Waals surface area contributed by atoms with E-state index < -0.39 is 5.97 Å². The van der Waals surface area contributed by atoms with Crippen molar-refractivity contribution in [3.8, 4) is 0 Å². The van der Waals surface area contributed by atoms with Crippen LogP contribution in [0.2, 0.25) is 0 Å². The van der Waals surface area contributed by atoms with E-state index in [1.54, 1.807) is 5.38 Å². The summed E-state index contributed by atoms with van der Waals surface area (Å²) in [5.41, 5.74) is 0.260. The number of aromatic nitrogens is 1. The van der Waals surface area contributed by atoms with Gasteiger partial charge in [-0.1, -0.05) is 0 Å². The molecule has 1 aromatic heterocycles. The number of methoxy groups -OCH3 is 1. The second-order valence-corrected chi connectivity index (χ2v) is 4.52. The minimum atomic E-state index is -0.470. The van der Waals surface area contributed by atoms with Crippen molar-refractivity contribution >= 4 is 28.3 Å². The van der Waals surface area contributed by atoms with Gasteiger partial charge in [-0.15, -0.1) is 11.3 Å². The van der Waals surface area contributed by atoms with Crippen molar-refractivity contribution in [1.29, 1.82) is 0 Å². The molecule has 1 atom stereocenters. The number of hydrogen-bond acceptors (Lipinski definition) is 6. The molecule has 0 radical (unpaired) electrons. The minimum absolute atomic E-state index is 0.0222. The average Bonchev–Trinajstić information content (AvgIpc) is 2.80. The zero-order valence-corrected chi connectivity index (χ0v) is 10.2. The van der Waals surface area contributed by atoms with E-state index in [-0.39, 0.29) is 17.6 Å². The first-order valence-corrected chi connectivity index (χ1v) is 6.17. The number of carbonyl (C=O) groups excluding carboxylic acids is 2. The van der Waals surface area contributed by atoms with Gasteiger partial charge in [0.15, 0.2) is 10.8 Å². The molecule has 2 rings (SSSR count).